The first-order chi connectivity index (χ1) is 18.2. The minimum Gasteiger partial charge on any atom is -0.481 e. The van der Waals surface area contributed by atoms with E-state index in [2.05, 4.69) is 25.1 Å². The van der Waals surface area contributed by atoms with E-state index in [-0.39, 0.29) is 6.42 Å². The van der Waals surface area contributed by atoms with E-state index in [0.29, 0.717) is 0 Å². The average Bonchev–Trinajstić information content (AvgIpc) is 3.62. The van der Waals surface area contributed by atoms with Crippen molar-refractivity contribution in [2.24, 2.45) is 0 Å². The second-order valence-corrected chi connectivity index (χ2v) is 14.7. The lowest BCUT2D eigenvalue weighted by atomic mass is 10.1. The Morgan fingerprint density at radius 3 is 1.79 bits per heavy atom. The topological polar surface area (TPSA) is 71.4 Å². The maximum absolute atomic E-state index is 12.0. The van der Waals surface area contributed by atoms with Crippen molar-refractivity contribution in [3.63, 3.8) is 0 Å². The lowest BCUT2D eigenvalue weighted by Crippen LogP contribution is -1.99. The number of carbonyl (C=O) groups is 1. The minimum absolute atomic E-state index is 0.0597. The number of hydrogen-bond acceptors (Lipinski definition) is 6. The molecule has 0 aliphatic heterocycles. The monoisotopic (exact) mass is 596 g/mol. The molecule has 0 radical (unpaired) electrons. The number of rotatable bonds is 8. The zero-order chi connectivity index (χ0) is 27.0. The molecular weight excluding hydrogens is 573 g/mol. The summed E-state index contributed by atoms with van der Waals surface area (Å²) in [6.45, 7) is 2.10. The Morgan fingerprint density at radius 2 is 1.24 bits per heavy atom. The number of carboxylic acid groups (broad SMARTS) is 1. The van der Waals surface area contributed by atoms with Gasteiger partial charge in [-0.1, -0.05) is 24.3 Å². The molecule has 0 fully saturated rings. The van der Waals surface area contributed by atoms with Crippen LogP contribution in [0.4, 0.5) is 0 Å². The molecule has 9 heteroatoms. The maximum atomic E-state index is 12.0. The Balaban J connectivity index is 1.52. The van der Waals surface area contributed by atoms with Gasteiger partial charge >= 0.3 is 5.97 Å². The van der Waals surface area contributed by atoms with Gasteiger partial charge < -0.3 is 5.11 Å². The number of aryl methyl sites for hydroxylation is 1. The number of aliphatic carboxylic acids is 1. The van der Waals surface area contributed by atoms with Crippen molar-refractivity contribution in [3.8, 4) is 40.4 Å². The van der Waals surface area contributed by atoms with Crippen molar-refractivity contribution in [1.29, 1.82) is 0 Å². The average molecular weight is 597 g/mol. The summed E-state index contributed by atoms with van der Waals surface area (Å²) in [6, 6.07) is 23.7. The number of hydrogen-bond donors (Lipinski definition) is 1. The van der Waals surface area contributed by atoms with Crippen molar-refractivity contribution in [2.45, 2.75) is 23.1 Å². The van der Waals surface area contributed by atoms with Crippen molar-refractivity contribution >= 4 is 61.6 Å². The highest BCUT2D eigenvalue weighted by Crippen LogP contribution is 2.46. The van der Waals surface area contributed by atoms with E-state index in [0.717, 1.165) is 50.9 Å². The second-order valence-electron chi connectivity index (χ2n) is 8.79. The van der Waals surface area contributed by atoms with E-state index >= 15 is 0 Å². The molecule has 2 unspecified atom stereocenters. The van der Waals surface area contributed by atoms with Gasteiger partial charge in [0.1, 0.15) is 0 Å². The fraction of sp³-hybridized carbons (Fsp3) is 0.138. The first kappa shape index (κ1) is 26.9. The standard InChI is InChI=1S/C29H24O4S5/c1-17-12-25(18-6-4-8-21(13-18)37(2)32)35-28(17)23-10-11-24(34-23)29-20(16-27(30)31)15-26(36-29)19-7-5-9-22(14-19)38(3)33/h4-15H,16H2,1-3H3,(H,30,31). The van der Waals surface area contributed by atoms with Gasteiger partial charge in [-0.25, -0.2) is 0 Å². The fourth-order valence-corrected chi connectivity index (χ4v) is 8.98. The van der Waals surface area contributed by atoms with E-state index in [1.54, 1.807) is 46.5 Å². The SMILES string of the molecule is Cc1cc(-c2cccc(S(C)=O)c2)sc1-c1ccc(-c2sc(-c3cccc(S(C)=O)c3)cc2CC(=O)O)s1. The molecule has 0 bridgehead atoms. The normalized spacial score (nSPS) is 12.9. The summed E-state index contributed by atoms with van der Waals surface area (Å²) in [5.74, 6) is -0.871. The molecule has 3 heterocycles. The van der Waals surface area contributed by atoms with Crippen molar-refractivity contribution < 1.29 is 18.3 Å². The summed E-state index contributed by atoms with van der Waals surface area (Å²) in [7, 11) is -2.13. The Morgan fingerprint density at radius 1 is 0.711 bits per heavy atom. The van der Waals surface area contributed by atoms with Crippen molar-refractivity contribution in [3.05, 3.63) is 83.9 Å². The molecule has 1 N–H and O–H groups in total. The van der Waals surface area contributed by atoms with E-state index in [9.17, 15) is 18.3 Å². The highest BCUT2D eigenvalue weighted by atomic mass is 32.2. The molecule has 0 aliphatic rings. The lowest BCUT2D eigenvalue weighted by molar-refractivity contribution is -0.136. The van der Waals surface area contributed by atoms with Crippen LogP contribution in [-0.2, 0) is 32.8 Å². The van der Waals surface area contributed by atoms with Gasteiger partial charge in [0.15, 0.2) is 0 Å². The van der Waals surface area contributed by atoms with Crippen molar-refractivity contribution in [2.75, 3.05) is 12.5 Å². The summed E-state index contributed by atoms with van der Waals surface area (Å²) in [6.07, 6.45) is 3.28. The van der Waals surface area contributed by atoms with Gasteiger partial charge in [0.05, 0.1) is 6.42 Å². The summed E-state index contributed by atoms with van der Waals surface area (Å²) < 4.78 is 24.0. The summed E-state index contributed by atoms with van der Waals surface area (Å²) >= 11 is 4.94. The molecule has 2 aromatic carbocycles. The van der Waals surface area contributed by atoms with E-state index in [1.807, 2.05) is 54.6 Å². The molecule has 3 aromatic heterocycles. The van der Waals surface area contributed by atoms with Gasteiger partial charge in [0.2, 0.25) is 0 Å². The highest BCUT2D eigenvalue weighted by Gasteiger charge is 2.19. The van der Waals surface area contributed by atoms with Crippen molar-refractivity contribution in [1.82, 2.24) is 0 Å². The minimum atomic E-state index is -1.09. The van der Waals surface area contributed by atoms with Crippen LogP contribution >= 0.6 is 34.0 Å². The zero-order valence-corrected chi connectivity index (χ0v) is 24.9. The third kappa shape index (κ3) is 5.67. The van der Waals surface area contributed by atoms with Crippen LogP contribution in [0.25, 0.3) is 40.4 Å². The smallest absolute Gasteiger partial charge is 0.307 e. The van der Waals surface area contributed by atoms with Crippen LogP contribution in [0.3, 0.4) is 0 Å². The van der Waals surface area contributed by atoms with Gasteiger partial charge in [-0.3, -0.25) is 13.2 Å². The fourth-order valence-electron chi connectivity index (χ4n) is 4.18. The first-order valence-corrected chi connectivity index (χ1v) is 17.2. The molecule has 0 amide bonds. The zero-order valence-electron chi connectivity index (χ0n) is 20.8. The van der Waals surface area contributed by atoms with E-state index < -0.39 is 27.6 Å². The molecule has 194 valence electrons. The van der Waals surface area contributed by atoms with Gasteiger partial charge in [-0.2, -0.15) is 0 Å². The maximum Gasteiger partial charge on any atom is 0.307 e. The van der Waals surface area contributed by atoms with Crippen LogP contribution < -0.4 is 0 Å². The summed E-state index contributed by atoms with van der Waals surface area (Å²) in [5, 5.41) is 9.57. The Kier molecular flexibility index (Phi) is 7.93. The summed E-state index contributed by atoms with van der Waals surface area (Å²) in [5.41, 5.74) is 3.94. The molecule has 0 saturated carbocycles. The predicted octanol–water partition coefficient (Wildman–Crippen LogP) is 7.95. The van der Waals surface area contributed by atoms with Gasteiger partial charge in [-0.05, 0) is 77.7 Å². The third-order valence-electron chi connectivity index (χ3n) is 6.02. The van der Waals surface area contributed by atoms with Crippen LogP contribution in [0.5, 0.6) is 0 Å². The molecule has 38 heavy (non-hydrogen) atoms. The molecule has 5 aromatic rings. The molecule has 2 atom stereocenters. The Bertz CT molecular complexity index is 1710. The molecule has 0 spiro atoms. The molecule has 0 saturated heterocycles. The van der Waals surface area contributed by atoms with Crippen LogP contribution in [-0.4, -0.2) is 32.0 Å². The molecular formula is C29H24O4S5. The second kappa shape index (κ2) is 11.2. The van der Waals surface area contributed by atoms with Gasteiger partial charge in [0.25, 0.3) is 0 Å². The molecule has 0 aliphatic carbocycles. The lowest BCUT2D eigenvalue weighted by Gasteiger charge is -2.00. The molecule has 4 nitrogen and oxygen atoms in total. The van der Waals surface area contributed by atoms with Crippen LogP contribution in [0.2, 0.25) is 0 Å². The Hall–Kier alpha value is -2.69. The molecule has 5 rings (SSSR count). The van der Waals surface area contributed by atoms with E-state index in [4.69, 9.17) is 0 Å². The summed E-state index contributed by atoms with van der Waals surface area (Å²) in [4.78, 5) is 19.6. The Labute approximate surface area is 238 Å². The largest absolute Gasteiger partial charge is 0.481 e. The number of carboxylic acids is 1. The third-order valence-corrected chi connectivity index (χ3v) is 11.8. The number of benzene rings is 2. The van der Waals surface area contributed by atoms with Gasteiger partial charge in [0, 0.05) is 73.2 Å². The van der Waals surface area contributed by atoms with Crippen LogP contribution in [0.1, 0.15) is 11.1 Å². The number of thiophene rings is 3. The quantitative estimate of drug-likeness (QED) is 0.197. The van der Waals surface area contributed by atoms with Gasteiger partial charge in [-0.15, -0.1) is 34.0 Å². The first-order valence-electron chi connectivity index (χ1n) is 11.6. The van der Waals surface area contributed by atoms with Crippen LogP contribution in [0, 0.1) is 6.92 Å². The van der Waals surface area contributed by atoms with Crippen LogP contribution in [0.15, 0.2) is 82.6 Å². The highest BCUT2D eigenvalue weighted by molar-refractivity contribution is 7.84. The predicted molar refractivity (Wildman–Crippen MR) is 163 cm³/mol. The van der Waals surface area contributed by atoms with E-state index in [1.165, 1.54) is 10.4 Å².